The SMILES string of the molecule is CCCCC(CC)(CBr)Cc1cccc(Cl)c1Cl. The molecule has 18 heavy (non-hydrogen) atoms. The van der Waals surface area contributed by atoms with Crippen LogP contribution in [-0.2, 0) is 6.42 Å². The predicted molar refractivity (Wildman–Crippen MR) is 86.2 cm³/mol. The molecule has 0 spiro atoms. The maximum atomic E-state index is 6.30. The lowest BCUT2D eigenvalue weighted by Crippen LogP contribution is -2.25. The topological polar surface area (TPSA) is 0 Å². The van der Waals surface area contributed by atoms with E-state index in [0.29, 0.717) is 10.4 Å². The van der Waals surface area contributed by atoms with Crippen molar-refractivity contribution in [3.8, 4) is 0 Å². The Balaban J connectivity index is 2.92. The zero-order chi connectivity index (χ0) is 13.6. The fourth-order valence-electron chi connectivity index (χ4n) is 2.24. The molecular weight excluding hydrogens is 331 g/mol. The minimum atomic E-state index is 0.296. The van der Waals surface area contributed by atoms with Gasteiger partial charge in [0.15, 0.2) is 0 Å². The van der Waals surface area contributed by atoms with Crippen molar-refractivity contribution in [1.29, 1.82) is 0 Å². The molecule has 0 saturated heterocycles. The summed E-state index contributed by atoms with van der Waals surface area (Å²) in [5.41, 5.74) is 1.46. The first-order valence-electron chi connectivity index (χ1n) is 6.57. The van der Waals surface area contributed by atoms with E-state index in [-0.39, 0.29) is 0 Å². The van der Waals surface area contributed by atoms with Gasteiger partial charge in [0.05, 0.1) is 10.0 Å². The molecular formula is C15H21BrCl2. The maximum absolute atomic E-state index is 6.30. The molecule has 102 valence electrons. The van der Waals surface area contributed by atoms with E-state index in [0.717, 1.165) is 23.2 Å². The van der Waals surface area contributed by atoms with Gasteiger partial charge in [-0.1, -0.05) is 78.0 Å². The number of unbranched alkanes of at least 4 members (excludes halogenated alkanes) is 1. The maximum Gasteiger partial charge on any atom is 0.0624 e. The summed E-state index contributed by atoms with van der Waals surface area (Å²) in [6.07, 6.45) is 5.87. The minimum absolute atomic E-state index is 0.296. The van der Waals surface area contributed by atoms with Gasteiger partial charge >= 0.3 is 0 Å². The van der Waals surface area contributed by atoms with Crippen LogP contribution in [0.25, 0.3) is 0 Å². The van der Waals surface area contributed by atoms with Crippen LogP contribution in [0.3, 0.4) is 0 Å². The van der Waals surface area contributed by atoms with Gasteiger partial charge in [-0.3, -0.25) is 0 Å². The summed E-state index contributed by atoms with van der Waals surface area (Å²) >= 11 is 16.1. The van der Waals surface area contributed by atoms with Gasteiger partial charge in [0.25, 0.3) is 0 Å². The first-order valence-corrected chi connectivity index (χ1v) is 8.45. The predicted octanol–water partition coefficient (Wildman–Crippen LogP) is 6.52. The summed E-state index contributed by atoms with van der Waals surface area (Å²) in [7, 11) is 0. The standard InChI is InChI=1S/C15H21BrCl2/c1-3-5-9-15(4-2,11-16)10-12-7-6-8-13(17)14(12)18/h6-8H,3-5,9-11H2,1-2H3. The lowest BCUT2D eigenvalue weighted by Gasteiger charge is -2.31. The third kappa shape index (κ3) is 4.15. The lowest BCUT2D eigenvalue weighted by molar-refractivity contribution is 0.284. The normalized spacial score (nSPS) is 14.5. The van der Waals surface area contributed by atoms with Crippen LogP contribution in [0.1, 0.15) is 45.1 Å². The molecule has 0 aliphatic rings. The number of hydrogen-bond donors (Lipinski definition) is 0. The van der Waals surface area contributed by atoms with E-state index in [4.69, 9.17) is 23.2 Å². The Hall–Kier alpha value is 0.280. The largest absolute Gasteiger partial charge is 0.0922 e. The summed E-state index contributed by atoms with van der Waals surface area (Å²) in [6.45, 7) is 4.50. The van der Waals surface area contributed by atoms with Gasteiger partial charge in [0, 0.05) is 5.33 Å². The zero-order valence-electron chi connectivity index (χ0n) is 11.1. The Morgan fingerprint density at radius 3 is 2.50 bits per heavy atom. The van der Waals surface area contributed by atoms with Gasteiger partial charge in [-0.05, 0) is 36.3 Å². The van der Waals surface area contributed by atoms with Gasteiger partial charge in [-0.15, -0.1) is 0 Å². The van der Waals surface area contributed by atoms with Crippen LogP contribution in [0, 0.1) is 5.41 Å². The van der Waals surface area contributed by atoms with Crippen LogP contribution in [0.2, 0.25) is 10.0 Å². The second-order valence-corrected chi connectivity index (χ2v) is 6.33. The molecule has 3 heteroatoms. The Kier molecular flexibility index (Phi) is 7.05. The van der Waals surface area contributed by atoms with Gasteiger partial charge in [0.1, 0.15) is 0 Å². The Labute approximate surface area is 129 Å². The van der Waals surface area contributed by atoms with E-state index in [9.17, 15) is 0 Å². The highest BCUT2D eigenvalue weighted by molar-refractivity contribution is 9.09. The van der Waals surface area contributed by atoms with Crippen molar-refractivity contribution in [2.24, 2.45) is 5.41 Å². The van der Waals surface area contributed by atoms with Crippen molar-refractivity contribution >= 4 is 39.1 Å². The Bertz CT molecular complexity index is 373. The molecule has 0 amide bonds. The molecule has 0 fully saturated rings. The zero-order valence-corrected chi connectivity index (χ0v) is 14.2. The van der Waals surface area contributed by atoms with Gasteiger partial charge in [0.2, 0.25) is 0 Å². The van der Waals surface area contributed by atoms with E-state index < -0.39 is 0 Å². The number of rotatable bonds is 7. The lowest BCUT2D eigenvalue weighted by atomic mass is 9.77. The van der Waals surface area contributed by atoms with Crippen molar-refractivity contribution in [1.82, 2.24) is 0 Å². The molecule has 0 nitrogen and oxygen atoms in total. The average Bonchev–Trinajstić information content (AvgIpc) is 2.40. The molecule has 0 aliphatic heterocycles. The molecule has 0 heterocycles. The number of benzene rings is 1. The molecule has 1 aromatic carbocycles. The molecule has 0 saturated carbocycles. The molecule has 1 aromatic rings. The Morgan fingerprint density at radius 1 is 1.22 bits per heavy atom. The highest BCUT2D eigenvalue weighted by Crippen LogP contribution is 2.38. The van der Waals surface area contributed by atoms with E-state index in [1.807, 2.05) is 12.1 Å². The van der Waals surface area contributed by atoms with Crippen LogP contribution in [-0.4, -0.2) is 5.33 Å². The molecule has 0 radical (unpaired) electrons. The van der Waals surface area contributed by atoms with Gasteiger partial charge in [-0.2, -0.15) is 0 Å². The number of halogens is 3. The number of hydrogen-bond acceptors (Lipinski definition) is 0. The average molecular weight is 352 g/mol. The fraction of sp³-hybridized carbons (Fsp3) is 0.600. The van der Waals surface area contributed by atoms with E-state index in [2.05, 4.69) is 35.8 Å². The van der Waals surface area contributed by atoms with Crippen molar-refractivity contribution in [3.63, 3.8) is 0 Å². The minimum Gasteiger partial charge on any atom is -0.0922 e. The number of alkyl halides is 1. The van der Waals surface area contributed by atoms with Gasteiger partial charge < -0.3 is 0 Å². The first-order chi connectivity index (χ1) is 8.58. The summed E-state index contributed by atoms with van der Waals surface area (Å²) in [5, 5.41) is 2.39. The monoisotopic (exact) mass is 350 g/mol. The van der Waals surface area contributed by atoms with Gasteiger partial charge in [-0.25, -0.2) is 0 Å². The second kappa shape index (κ2) is 7.77. The summed E-state index contributed by atoms with van der Waals surface area (Å²) in [6, 6.07) is 5.92. The van der Waals surface area contributed by atoms with E-state index in [1.54, 1.807) is 0 Å². The van der Waals surface area contributed by atoms with Crippen LogP contribution >= 0.6 is 39.1 Å². The van der Waals surface area contributed by atoms with Crippen LogP contribution in [0.5, 0.6) is 0 Å². The van der Waals surface area contributed by atoms with Crippen molar-refractivity contribution in [2.45, 2.75) is 46.0 Å². The highest BCUT2D eigenvalue weighted by Gasteiger charge is 2.27. The highest BCUT2D eigenvalue weighted by atomic mass is 79.9. The van der Waals surface area contributed by atoms with Crippen molar-refractivity contribution in [2.75, 3.05) is 5.33 Å². The van der Waals surface area contributed by atoms with Crippen molar-refractivity contribution < 1.29 is 0 Å². The molecule has 0 aromatic heterocycles. The van der Waals surface area contributed by atoms with E-state index in [1.165, 1.54) is 24.8 Å². The molecule has 1 atom stereocenters. The molecule has 0 aliphatic carbocycles. The summed E-state index contributed by atoms with van der Waals surface area (Å²) in [4.78, 5) is 0. The third-order valence-corrected chi connectivity index (χ3v) is 5.74. The molecule has 1 unspecified atom stereocenters. The van der Waals surface area contributed by atoms with Crippen LogP contribution in [0.4, 0.5) is 0 Å². The molecule has 0 N–H and O–H groups in total. The van der Waals surface area contributed by atoms with Crippen molar-refractivity contribution in [3.05, 3.63) is 33.8 Å². The summed E-state index contributed by atoms with van der Waals surface area (Å²) < 4.78 is 0. The van der Waals surface area contributed by atoms with E-state index >= 15 is 0 Å². The summed E-state index contributed by atoms with van der Waals surface area (Å²) in [5.74, 6) is 0. The third-order valence-electron chi connectivity index (χ3n) is 3.69. The fourth-order valence-corrected chi connectivity index (χ4v) is 3.50. The molecule has 0 bridgehead atoms. The van der Waals surface area contributed by atoms with Crippen LogP contribution in [0.15, 0.2) is 18.2 Å². The quantitative estimate of drug-likeness (QED) is 0.490. The molecule has 1 rings (SSSR count). The first kappa shape index (κ1) is 16.3. The van der Waals surface area contributed by atoms with Crippen LogP contribution < -0.4 is 0 Å². The smallest absolute Gasteiger partial charge is 0.0624 e. The Morgan fingerprint density at radius 2 is 1.94 bits per heavy atom. The second-order valence-electron chi connectivity index (χ2n) is 4.98.